The zero-order chi connectivity index (χ0) is 13.1. The van der Waals surface area contributed by atoms with Gasteiger partial charge in [0.05, 0.1) is 18.7 Å². The summed E-state index contributed by atoms with van der Waals surface area (Å²) in [6, 6.07) is 8.47. The molecule has 0 atom stereocenters. The number of hydrogen-bond acceptors (Lipinski definition) is 4. The lowest BCUT2D eigenvalue weighted by Crippen LogP contribution is -2.31. The molecule has 0 aliphatic carbocycles. The van der Waals surface area contributed by atoms with E-state index in [0.717, 1.165) is 25.3 Å². The second-order valence-electron chi connectivity index (χ2n) is 4.62. The summed E-state index contributed by atoms with van der Waals surface area (Å²) in [5.41, 5.74) is 3.80. The second-order valence-corrected chi connectivity index (χ2v) is 4.62. The molecule has 0 amide bonds. The molecule has 0 spiro atoms. The Labute approximate surface area is 112 Å². The van der Waals surface area contributed by atoms with E-state index in [1.165, 1.54) is 16.7 Å². The zero-order valence-electron chi connectivity index (χ0n) is 10.6. The molecule has 0 fully saturated rings. The van der Waals surface area contributed by atoms with Gasteiger partial charge >= 0.3 is 0 Å². The molecular formula is C15H14N4. The fraction of sp³-hybridized carbons (Fsp3) is 0.267. The van der Waals surface area contributed by atoms with Crippen LogP contribution < -0.4 is 4.90 Å². The van der Waals surface area contributed by atoms with Gasteiger partial charge in [-0.05, 0) is 23.1 Å². The summed E-state index contributed by atoms with van der Waals surface area (Å²) in [5, 5.41) is 8.87. The van der Waals surface area contributed by atoms with Crippen molar-refractivity contribution < 1.29 is 0 Å². The van der Waals surface area contributed by atoms with Gasteiger partial charge in [-0.2, -0.15) is 5.26 Å². The molecule has 0 unspecified atom stereocenters. The van der Waals surface area contributed by atoms with Crippen LogP contribution >= 0.6 is 0 Å². The van der Waals surface area contributed by atoms with Crippen molar-refractivity contribution in [1.29, 1.82) is 5.26 Å². The monoisotopic (exact) mass is 250 g/mol. The molecule has 4 nitrogen and oxygen atoms in total. The van der Waals surface area contributed by atoms with Gasteiger partial charge in [-0.1, -0.05) is 18.2 Å². The Bertz CT molecular complexity index is 616. The molecule has 94 valence electrons. The molecule has 1 aliphatic heterocycles. The van der Waals surface area contributed by atoms with E-state index in [2.05, 4.69) is 33.1 Å². The Hall–Kier alpha value is -2.41. The molecule has 0 radical (unpaired) electrons. The Morgan fingerprint density at radius 3 is 3.05 bits per heavy atom. The van der Waals surface area contributed by atoms with Crippen LogP contribution in [0.4, 0.5) is 5.82 Å². The maximum Gasteiger partial charge on any atom is 0.147 e. The van der Waals surface area contributed by atoms with Crippen LogP contribution in [0, 0.1) is 11.3 Å². The molecule has 3 rings (SSSR count). The highest BCUT2D eigenvalue weighted by Crippen LogP contribution is 2.25. The van der Waals surface area contributed by atoms with Crippen LogP contribution in [0.25, 0.3) is 0 Å². The molecule has 0 saturated heterocycles. The minimum absolute atomic E-state index is 0.494. The third kappa shape index (κ3) is 2.27. The van der Waals surface area contributed by atoms with E-state index in [1.54, 1.807) is 18.6 Å². The molecule has 4 heteroatoms. The standard InChI is InChI=1S/C15H14N4/c16-6-4-12-2-1-3-13-11-19(9-5-14(12)13)15-10-17-7-8-18-15/h1-3,7-8,10H,4-5,9,11H2. The number of fused-ring (bicyclic) bond motifs is 1. The number of nitrogens with zero attached hydrogens (tertiary/aromatic N) is 4. The van der Waals surface area contributed by atoms with Crippen molar-refractivity contribution in [3.63, 3.8) is 0 Å². The van der Waals surface area contributed by atoms with Gasteiger partial charge in [-0.25, -0.2) is 4.98 Å². The number of anilines is 1. The van der Waals surface area contributed by atoms with Crippen molar-refractivity contribution in [2.75, 3.05) is 11.4 Å². The van der Waals surface area contributed by atoms with Crippen molar-refractivity contribution in [2.24, 2.45) is 0 Å². The lowest BCUT2D eigenvalue weighted by atomic mass is 9.93. The van der Waals surface area contributed by atoms with Crippen molar-refractivity contribution in [3.8, 4) is 6.07 Å². The van der Waals surface area contributed by atoms with Gasteiger partial charge in [0.15, 0.2) is 0 Å². The van der Waals surface area contributed by atoms with Crippen molar-refractivity contribution in [1.82, 2.24) is 9.97 Å². The molecule has 19 heavy (non-hydrogen) atoms. The van der Waals surface area contributed by atoms with Crippen molar-refractivity contribution >= 4 is 5.82 Å². The third-order valence-electron chi connectivity index (χ3n) is 3.51. The summed E-state index contributed by atoms with van der Waals surface area (Å²) in [5.74, 6) is 0.916. The SMILES string of the molecule is N#CCc1cccc2c1CCN(c1cnccn1)C2. The second kappa shape index (κ2) is 5.07. The van der Waals surface area contributed by atoms with Crippen molar-refractivity contribution in [3.05, 3.63) is 53.5 Å². The minimum atomic E-state index is 0.494. The maximum absolute atomic E-state index is 8.87. The lowest BCUT2D eigenvalue weighted by molar-refractivity contribution is 0.713. The molecule has 0 saturated carbocycles. The predicted octanol–water partition coefficient (Wildman–Crippen LogP) is 2.11. The maximum atomic E-state index is 8.87. The summed E-state index contributed by atoms with van der Waals surface area (Å²) < 4.78 is 0. The van der Waals surface area contributed by atoms with Crippen LogP contribution in [-0.4, -0.2) is 16.5 Å². The Balaban J connectivity index is 1.89. The quantitative estimate of drug-likeness (QED) is 0.819. The summed E-state index contributed by atoms with van der Waals surface area (Å²) >= 11 is 0. The fourth-order valence-corrected chi connectivity index (χ4v) is 2.59. The van der Waals surface area contributed by atoms with E-state index in [0.29, 0.717) is 6.42 Å². The highest BCUT2D eigenvalue weighted by Gasteiger charge is 2.19. The highest BCUT2D eigenvalue weighted by molar-refractivity contribution is 5.45. The average Bonchev–Trinajstić information content (AvgIpc) is 2.48. The highest BCUT2D eigenvalue weighted by atomic mass is 15.2. The van der Waals surface area contributed by atoms with E-state index in [1.807, 2.05) is 6.07 Å². The molecule has 0 N–H and O–H groups in total. The summed E-state index contributed by atoms with van der Waals surface area (Å²) in [6.07, 6.45) is 6.66. The van der Waals surface area contributed by atoms with E-state index in [-0.39, 0.29) is 0 Å². The minimum Gasteiger partial charge on any atom is -0.351 e. The molecule has 1 aromatic heterocycles. The molecule has 2 aromatic rings. The summed E-state index contributed by atoms with van der Waals surface area (Å²) in [6.45, 7) is 1.77. The van der Waals surface area contributed by atoms with Crippen LogP contribution in [0.5, 0.6) is 0 Å². The Kier molecular flexibility index (Phi) is 3.11. The first-order chi connectivity index (χ1) is 9.38. The van der Waals surface area contributed by atoms with E-state index >= 15 is 0 Å². The van der Waals surface area contributed by atoms with Crippen molar-refractivity contribution in [2.45, 2.75) is 19.4 Å². The largest absolute Gasteiger partial charge is 0.351 e. The fourth-order valence-electron chi connectivity index (χ4n) is 2.59. The molecule has 2 heterocycles. The van der Waals surface area contributed by atoms with Gasteiger partial charge in [0.2, 0.25) is 0 Å². The molecular weight excluding hydrogens is 236 g/mol. The van der Waals surface area contributed by atoms with Crippen LogP contribution in [0.2, 0.25) is 0 Å². The Morgan fingerprint density at radius 2 is 2.26 bits per heavy atom. The normalized spacial score (nSPS) is 13.7. The van der Waals surface area contributed by atoms with Gasteiger partial charge in [-0.15, -0.1) is 0 Å². The van der Waals surface area contributed by atoms with Gasteiger partial charge in [0.1, 0.15) is 5.82 Å². The van der Waals surface area contributed by atoms with Crippen LogP contribution in [0.1, 0.15) is 16.7 Å². The number of rotatable bonds is 2. The van der Waals surface area contributed by atoms with Gasteiger partial charge in [0, 0.05) is 25.5 Å². The number of nitriles is 1. The lowest BCUT2D eigenvalue weighted by Gasteiger charge is -2.30. The van der Waals surface area contributed by atoms with Gasteiger partial charge in [-0.3, -0.25) is 4.98 Å². The molecule has 1 aromatic carbocycles. The van der Waals surface area contributed by atoms with E-state index in [9.17, 15) is 0 Å². The van der Waals surface area contributed by atoms with Gasteiger partial charge < -0.3 is 4.90 Å². The molecule has 0 bridgehead atoms. The first-order valence-corrected chi connectivity index (χ1v) is 6.36. The van der Waals surface area contributed by atoms with E-state index in [4.69, 9.17) is 5.26 Å². The first-order valence-electron chi connectivity index (χ1n) is 6.36. The average molecular weight is 250 g/mol. The number of hydrogen-bond donors (Lipinski definition) is 0. The van der Waals surface area contributed by atoms with E-state index < -0.39 is 0 Å². The smallest absolute Gasteiger partial charge is 0.147 e. The number of aromatic nitrogens is 2. The van der Waals surface area contributed by atoms with Crippen LogP contribution in [-0.2, 0) is 19.4 Å². The number of benzene rings is 1. The third-order valence-corrected chi connectivity index (χ3v) is 3.51. The van der Waals surface area contributed by atoms with Gasteiger partial charge in [0.25, 0.3) is 0 Å². The topological polar surface area (TPSA) is 52.8 Å². The summed E-state index contributed by atoms with van der Waals surface area (Å²) in [4.78, 5) is 10.7. The summed E-state index contributed by atoms with van der Waals surface area (Å²) in [7, 11) is 0. The predicted molar refractivity (Wildman–Crippen MR) is 72.5 cm³/mol. The first kappa shape index (κ1) is 11.7. The Morgan fingerprint density at radius 1 is 1.32 bits per heavy atom. The zero-order valence-corrected chi connectivity index (χ0v) is 10.6. The van der Waals surface area contributed by atoms with Crippen LogP contribution in [0.3, 0.4) is 0 Å². The van der Waals surface area contributed by atoms with Crippen LogP contribution in [0.15, 0.2) is 36.8 Å². The molecule has 1 aliphatic rings.